The van der Waals surface area contributed by atoms with Crippen LogP contribution in [0.15, 0.2) is 0 Å². The van der Waals surface area contributed by atoms with Crippen LogP contribution in [-0.2, 0) is 0 Å². The van der Waals surface area contributed by atoms with Crippen molar-refractivity contribution < 1.29 is 10.2 Å². The maximum absolute atomic E-state index is 10.5. The van der Waals surface area contributed by atoms with Crippen LogP contribution in [0.4, 0.5) is 0 Å². The molecule has 3 aliphatic carbocycles. The number of hydrogen-bond acceptors (Lipinski definition) is 2. The van der Waals surface area contributed by atoms with Gasteiger partial charge in [-0.25, -0.2) is 0 Å². The van der Waals surface area contributed by atoms with Gasteiger partial charge in [0.2, 0.25) is 0 Å². The molecule has 3 fully saturated rings. The van der Waals surface area contributed by atoms with Gasteiger partial charge in [0.1, 0.15) is 0 Å². The molecular weight excluding hydrogens is 272 g/mol. The first-order valence-corrected chi connectivity index (χ1v) is 9.65. The molecule has 0 aromatic heterocycles. The van der Waals surface area contributed by atoms with Crippen molar-refractivity contribution in [2.24, 2.45) is 34.5 Å². The summed E-state index contributed by atoms with van der Waals surface area (Å²) in [6.07, 6.45) is 9.31. The highest BCUT2D eigenvalue weighted by Crippen LogP contribution is 2.64. The third-order valence-corrected chi connectivity index (χ3v) is 8.39. The number of rotatable bonds is 3. The van der Waals surface area contributed by atoms with E-state index in [4.69, 9.17) is 0 Å². The van der Waals surface area contributed by atoms with Gasteiger partial charge in [-0.2, -0.15) is 0 Å². The molecule has 2 nitrogen and oxygen atoms in total. The molecular formula is C20H36O2. The highest BCUT2D eigenvalue weighted by atomic mass is 16.3. The molecule has 128 valence electrons. The minimum absolute atomic E-state index is 0.0680. The van der Waals surface area contributed by atoms with E-state index in [1.807, 2.05) is 6.92 Å². The fraction of sp³-hybridized carbons (Fsp3) is 1.00. The molecule has 3 saturated carbocycles. The van der Waals surface area contributed by atoms with Crippen molar-refractivity contribution in [1.29, 1.82) is 0 Å². The first kappa shape index (κ1) is 16.8. The number of fused-ring (bicyclic) bond motifs is 3. The second-order valence-corrected chi connectivity index (χ2v) is 9.39. The second kappa shape index (κ2) is 5.77. The third kappa shape index (κ3) is 2.45. The van der Waals surface area contributed by atoms with E-state index < -0.39 is 0 Å². The quantitative estimate of drug-likeness (QED) is 0.812. The Kier molecular flexibility index (Phi) is 4.40. The summed E-state index contributed by atoms with van der Waals surface area (Å²) >= 11 is 0. The van der Waals surface area contributed by atoms with Crippen molar-refractivity contribution in [2.45, 2.75) is 91.3 Å². The molecule has 0 saturated heterocycles. The van der Waals surface area contributed by atoms with E-state index in [2.05, 4.69) is 20.8 Å². The van der Waals surface area contributed by atoms with Crippen LogP contribution in [0, 0.1) is 34.5 Å². The molecule has 0 radical (unpaired) electrons. The van der Waals surface area contributed by atoms with E-state index in [-0.39, 0.29) is 17.6 Å². The standard InChI is InChI=1S/C20H36O2/c1-13-5-6-15-16-7-8-18(22)20(16,4)12-10-17(15)19(13,3)11-9-14(2)21/h13-18,21-22H,5-12H2,1-4H3. The number of aliphatic hydroxyl groups is 2. The molecule has 8 atom stereocenters. The van der Waals surface area contributed by atoms with E-state index in [0.717, 1.165) is 36.5 Å². The van der Waals surface area contributed by atoms with Gasteiger partial charge in [0.05, 0.1) is 12.2 Å². The molecule has 0 amide bonds. The van der Waals surface area contributed by atoms with Crippen molar-refractivity contribution >= 4 is 0 Å². The zero-order valence-corrected chi connectivity index (χ0v) is 15.0. The maximum Gasteiger partial charge on any atom is 0.0596 e. The highest BCUT2D eigenvalue weighted by molar-refractivity contribution is 5.07. The Balaban J connectivity index is 1.83. The minimum atomic E-state index is -0.174. The zero-order valence-electron chi connectivity index (χ0n) is 15.0. The summed E-state index contributed by atoms with van der Waals surface area (Å²) in [5.74, 6) is 3.12. The normalized spacial score (nSPS) is 52.9. The van der Waals surface area contributed by atoms with Gasteiger partial charge in [-0.1, -0.05) is 20.8 Å². The molecule has 0 aromatic carbocycles. The molecule has 2 N–H and O–H groups in total. The first-order chi connectivity index (χ1) is 10.3. The van der Waals surface area contributed by atoms with Crippen molar-refractivity contribution in [3.8, 4) is 0 Å². The molecule has 0 heterocycles. The Hall–Kier alpha value is -0.0800. The van der Waals surface area contributed by atoms with Crippen LogP contribution in [-0.4, -0.2) is 22.4 Å². The van der Waals surface area contributed by atoms with Crippen molar-refractivity contribution in [3.63, 3.8) is 0 Å². The molecule has 0 aliphatic heterocycles. The lowest BCUT2D eigenvalue weighted by molar-refractivity contribution is -0.110. The second-order valence-electron chi connectivity index (χ2n) is 9.39. The average molecular weight is 309 g/mol. The topological polar surface area (TPSA) is 40.5 Å². The van der Waals surface area contributed by atoms with Crippen LogP contribution < -0.4 is 0 Å². The Bertz CT molecular complexity index is 407. The van der Waals surface area contributed by atoms with E-state index in [0.29, 0.717) is 5.41 Å². The highest BCUT2D eigenvalue weighted by Gasteiger charge is 2.58. The summed E-state index contributed by atoms with van der Waals surface area (Å²) in [5, 5.41) is 20.3. The van der Waals surface area contributed by atoms with Gasteiger partial charge in [0, 0.05) is 0 Å². The van der Waals surface area contributed by atoms with Gasteiger partial charge in [0.15, 0.2) is 0 Å². The summed E-state index contributed by atoms with van der Waals surface area (Å²) in [4.78, 5) is 0. The predicted molar refractivity (Wildman–Crippen MR) is 90.5 cm³/mol. The summed E-state index contributed by atoms with van der Waals surface area (Å²) in [6.45, 7) is 9.23. The van der Waals surface area contributed by atoms with Gasteiger partial charge in [-0.15, -0.1) is 0 Å². The van der Waals surface area contributed by atoms with Crippen molar-refractivity contribution in [1.82, 2.24) is 0 Å². The van der Waals surface area contributed by atoms with Gasteiger partial charge >= 0.3 is 0 Å². The number of aliphatic hydroxyl groups excluding tert-OH is 2. The minimum Gasteiger partial charge on any atom is -0.393 e. The Morgan fingerprint density at radius 3 is 2.45 bits per heavy atom. The molecule has 0 aromatic rings. The van der Waals surface area contributed by atoms with E-state index in [1.54, 1.807) is 0 Å². The molecule has 2 heteroatoms. The monoisotopic (exact) mass is 308 g/mol. The largest absolute Gasteiger partial charge is 0.393 e. The molecule has 3 rings (SSSR count). The lowest BCUT2D eigenvalue weighted by Gasteiger charge is -2.58. The SMILES string of the molecule is CC(O)CCC1(C)C(C)CCC2C1CCC1(C)C(O)CCC21. The van der Waals surface area contributed by atoms with Crippen LogP contribution in [0.5, 0.6) is 0 Å². The first-order valence-electron chi connectivity index (χ1n) is 9.65. The Morgan fingerprint density at radius 1 is 1.05 bits per heavy atom. The van der Waals surface area contributed by atoms with Crippen LogP contribution in [0.3, 0.4) is 0 Å². The number of hydrogen-bond donors (Lipinski definition) is 2. The zero-order chi connectivity index (χ0) is 16.1. The fourth-order valence-electron chi connectivity index (χ4n) is 6.57. The molecule has 3 aliphatic rings. The Labute approximate surface area is 136 Å². The summed E-state index contributed by atoms with van der Waals surface area (Å²) in [6, 6.07) is 0. The maximum atomic E-state index is 10.5. The average Bonchev–Trinajstić information content (AvgIpc) is 2.77. The van der Waals surface area contributed by atoms with Crippen molar-refractivity contribution in [3.05, 3.63) is 0 Å². The van der Waals surface area contributed by atoms with Gasteiger partial charge in [-0.3, -0.25) is 0 Å². The predicted octanol–water partition coefficient (Wildman–Crippen LogP) is 4.39. The lowest BCUT2D eigenvalue weighted by atomic mass is 9.47. The molecule has 0 bridgehead atoms. The van der Waals surface area contributed by atoms with E-state index in [1.165, 1.54) is 38.5 Å². The summed E-state index contributed by atoms with van der Waals surface area (Å²) in [5.41, 5.74) is 0.571. The van der Waals surface area contributed by atoms with Crippen LogP contribution >= 0.6 is 0 Å². The summed E-state index contributed by atoms with van der Waals surface area (Å²) in [7, 11) is 0. The fourth-order valence-corrected chi connectivity index (χ4v) is 6.57. The van der Waals surface area contributed by atoms with Crippen LogP contribution in [0.25, 0.3) is 0 Å². The van der Waals surface area contributed by atoms with E-state index >= 15 is 0 Å². The summed E-state index contributed by atoms with van der Waals surface area (Å²) < 4.78 is 0. The molecule has 0 spiro atoms. The van der Waals surface area contributed by atoms with Gasteiger partial charge in [0.25, 0.3) is 0 Å². The lowest BCUT2D eigenvalue weighted by Crippen LogP contribution is -2.52. The third-order valence-electron chi connectivity index (χ3n) is 8.39. The molecule has 8 unspecified atom stereocenters. The van der Waals surface area contributed by atoms with Crippen LogP contribution in [0.2, 0.25) is 0 Å². The molecule has 22 heavy (non-hydrogen) atoms. The van der Waals surface area contributed by atoms with E-state index in [9.17, 15) is 10.2 Å². The Morgan fingerprint density at radius 2 is 1.77 bits per heavy atom. The smallest absolute Gasteiger partial charge is 0.0596 e. The van der Waals surface area contributed by atoms with Crippen molar-refractivity contribution in [2.75, 3.05) is 0 Å². The van der Waals surface area contributed by atoms with Gasteiger partial charge in [-0.05, 0) is 92.8 Å². The van der Waals surface area contributed by atoms with Gasteiger partial charge < -0.3 is 10.2 Å². The van der Waals surface area contributed by atoms with Crippen LogP contribution in [0.1, 0.15) is 79.1 Å².